The topological polar surface area (TPSA) is 91.3 Å². The smallest absolute Gasteiger partial charge is 0.303 e. The fourth-order valence-electron chi connectivity index (χ4n) is 3.46. The van der Waals surface area contributed by atoms with Crippen LogP contribution in [0.2, 0.25) is 0 Å². The standard InChI is InChI=1S/C21H21BrN4O2/c1-2-16-7-8-19-21(14-11-15(22)13-24-12-14)17(5-3-4-6-20(27)28)18(9-10-23)25-26(16)19/h7-8,11-13H,2-6,9H2,1H3,(H,27,28). The first-order valence-electron chi connectivity index (χ1n) is 9.27. The minimum atomic E-state index is -0.790. The van der Waals surface area contributed by atoms with Crippen molar-refractivity contribution in [1.29, 1.82) is 5.26 Å². The van der Waals surface area contributed by atoms with E-state index >= 15 is 0 Å². The van der Waals surface area contributed by atoms with Crippen molar-refractivity contribution >= 4 is 27.4 Å². The zero-order valence-electron chi connectivity index (χ0n) is 15.7. The first-order valence-corrected chi connectivity index (χ1v) is 10.1. The second-order valence-electron chi connectivity index (χ2n) is 6.60. The SMILES string of the molecule is CCc1ccc2c(-c3cncc(Br)c3)c(CCCCC(=O)O)c(CC#N)nn12. The van der Waals surface area contributed by atoms with Gasteiger partial charge in [0, 0.05) is 40.1 Å². The maximum atomic E-state index is 10.8. The van der Waals surface area contributed by atoms with Gasteiger partial charge in [0.2, 0.25) is 0 Å². The van der Waals surface area contributed by atoms with Crippen LogP contribution in [0.5, 0.6) is 0 Å². The number of carbonyl (C=O) groups is 1. The molecule has 0 aliphatic rings. The summed E-state index contributed by atoms with van der Waals surface area (Å²) in [7, 11) is 0. The second-order valence-corrected chi connectivity index (χ2v) is 7.52. The molecule has 0 spiro atoms. The lowest BCUT2D eigenvalue weighted by atomic mass is 9.94. The van der Waals surface area contributed by atoms with Crippen LogP contribution >= 0.6 is 15.9 Å². The Hall–Kier alpha value is -2.72. The Morgan fingerprint density at radius 2 is 2.14 bits per heavy atom. The number of unbranched alkanes of at least 4 members (excludes halogenated alkanes) is 1. The van der Waals surface area contributed by atoms with E-state index in [9.17, 15) is 10.1 Å². The third kappa shape index (κ3) is 4.23. The van der Waals surface area contributed by atoms with Gasteiger partial charge in [-0.05, 0) is 65.4 Å². The van der Waals surface area contributed by atoms with Gasteiger partial charge in [0.15, 0.2) is 0 Å². The van der Waals surface area contributed by atoms with Crippen molar-refractivity contribution < 1.29 is 9.90 Å². The Morgan fingerprint density at radius 1 is 1.32 bits per heavy atom. The number of carboxylic acid groups (broad SMARTS) is 1. The number of hydrogen-bond acceptors (Lipinski definition) is 4. The largest absolute Gasteiger partial charge is 0.481 e. The van der Waals surface area contributed by atoms with Gasteiger partial charge in [-0.2, -0.15) is 10.4 Å². The Bertz CT molecular complexity index is 1050. The van der Waals surface area contributed by atoms with Gasteiger partial charge in [0.1, 0.15) is 0 Å². The lowest BCUT2D eigenvalue weighted by molar-refractivity contribution is -0.137. The van der Waals surface area contributed by atoms with Crippen molar-refractivity contribution in [1.82, 2.24) is 14.6 Å². The molecule has 0 amide bonds. The summed E-state index contributed by atoms with van der Waals surface area (Å²) in [5.41, 5.74) is 5.77. The molecule has 6 nitrogen and oxygen atoms in total. The molecule has 0 unspecified atom stereocenters. The summed E-state index contributed by atoms with van der Waals surface area (Å²) in [4.78, 5) is 15.2. The predicted octanol–water partition coefficient (Wildman–Crippen LogP) is 4.58. The van der Waals surface area contributed by atoms with Gasteiger partial charge in [-0.1, -0.05) is 6.92 Å². The fraction of sp³-hybridized carbons (Fsp3) is 0.333. The zero-order valence-corrected chi connectivity index (χ0v) is 17.2. The molecule has 1 N–H and O–H groups in total. The number of nitrogens with zero attached hydrogens (tertiary/aromatic N) is 4. The molecule has 0 aliphatic carbocycles. The quantitative estimate of drug-likeness (QED) is 0.517. The number of aliphatic carboxylic acids is 1. The summed E-state index contributed by atoms with van der Waals surface area (Å²) in [6.07, 6.45) is 6.71. The van der Waals surface area contributed by atoms with Gasteiger partial charge in [0.25, 0.3) is 0 Å². The van der Waals surface area contributed by atoms with E-state index in [-0.39, 0.29) is 12.8 Å². The minimum absolute atomic E-state index is 0.141. The number of halogens is 1. The molecule has 3 aromatic heterocycles. The number of aromatic nitrogens is 3. The molecule has 28 heavy (non-hydrogen) atoms. The highest BCUT2D eigenvalue weighted by Gasteiger charge is 2.19. The summed E-state index contributed by atoms with van der Waals surface area (Å²) >= 11 is 3.49. The molecular weight excluding hydrogens is 420 g/mol. The summed E-state index contributed by atoms with van der Waals surface area (Å²) in [5.74, 6) is -0.790. The van der Waals surface area contributed by atoms with E-state index in [0.29, 0.717) is 12.8 Å². The van der Waals surface area contributed by atoms with E-state index in [2.05, 4.69) is 46.0 Å². The molecule has 0 aromatic carbocycles. The summed E-state index contributed by atoms with van der Waals surface area (Å²) in [6, 6.07) is 8.35. The molecule has 3 rings (SSSR count). The highest BCUT2D eigenvalue weighted by molar-refractivity contribution is 9.10. The van der Waals surface area contributed by atoms with Crippen LogP contribution in [-0.2, 0) is 24.1 Å². The summed E-state index contributed by atoms with van der Waals surface area (Å²) in [5, 5.41) is 23.0. The van der Waals surface area contributed by atoms with Gasteiger partial charge in [0.05, 0.1) is 23.7 Å². The number of pyridine rings is 1. The molecule has 3 heterocycles. The Kier molecular flexibility index (Phi) is 6.42. The Morgan fingerprint density at radius 3 is 2.82 bits per heavy atom. The second kappa shape index (κ2) is 8.98. The van der Waals surface area contributed by atoms with Gasteiger partial charge in [-0.25, -0.2) is 4.52 Å². The van der Waals surface area contributed by atoms with Crippen LogP contribution in [-0.4, -0.2) is 25.7 Å². The van der Waals surface area contributed by atoms with Gasteiger partial charge < -0.3 is 5.11 Å². The van der Waals surface area contributed by atoms with Crippen LogP contribution in [0.25, 0.3) is 16.6 Å². The van der Waals surface area contributed by atoms with Crippen molar-refractivity contribution in [3.63, 3.8) is 0 Å². The lowest BCUT2D eigenvalue weighted by Crippen LogP contribution is -2.09. The van der Waals surface area contributed by atoms with E-state index in [4.69, 9.17) is 10.2 Å². The molecule has 0 saturated heterocycles. The van der Waals surface area contributed by atoms with Gasteiger partial charge >= 0.3 is 5.97 Å². The molecule has 0 bridgehead atoms. The highest BCUT2D eigenvalue weighted by Crippen LogP contribution is 2.33. The highest BCUT2D eigenvalue weighted by atomic mass is 79.9. The van der Waals surface area contributed by atoms with E-state index in [1.807, 2.05) is 16.8 Å². The summed E-state index contributed by atoms with van der Waals surface area (Å²) in [6.45, 7) is 2.08. The van der Waals surface area contributed by atoms with Crippen LogP contribution in [0.15, 0.2) is 35.1 Å². The average Bonchev–Trinajstić information content (AvgIpc) is 3.07. The Balaban J connectivity index is 2.18. The maximum absolute atomic E-state index is 10.8. The maximum Gasteiger partial charge on any atom is 0.303 e. The third-order valence-corrected chi connectivity index (χ3v) is 5.16. The Labute approximate surface area is 172 Å². The first kappa shape index (κ1) is 20.0. The van der Waals surface area contributed by atoms with E-state index < -0.39 is 5.97 Å². The molecule has 3 aromatic rings. The van der Waals surface area contributed by atoms with Crippen LogP contribution in [0.1, 0.15) is 43.1 Å². The molecule has 0 atom stereocenters. The molecular formula is C21H21BrN4O2. The molecule has 7 heteroatoms. The minimum Gasteiger partial charge on any atom is -0.481 e. The van der Waals surface area contributed by atoms with E-state index in [0.717, 1.165) is 50.9 Å². The number of fused-ring (bicyclic) bond motifs is 1. The molecule has 0 fully saturated rings. The molecule has 0 aliphatic heterocycles. The van der Waals surface area contributed by atoms with Crippen molar-refractivity contribution in [3.8, 4) is 17.2 Å². The van der Waals surface area contributed by atoms with E-state index in [1.165, 1.54) is 0 Å². The van der Waals surface area contributed by atoms with Crippen LogP contribution in [0, 0.1) is 11.3 Å². The third-order valence-electron chi connectivity index (χ3n) is 4.73. The van der Waals surface area contributed by atoms with Crippen molar-refractivity contribution in [2.24, 2.45) is 0 Å². The molecule has 0 saturated carbocycles. The van der Waals surface area contributed by atoms with E-state index in [1.54, 1.807) is 6.20 Å². The number of nitriles is 1. The fourth-order valence-corrected chi connectivity index (χ4v) is 3.83. The van der Waals surface area contributed by atoms with Crippen molar-refractivity contribution in [2.45, 2.75) is 45.4 Å². The van der Waals surface area contributed by atoms with Crippen LogP contribution in [0.3, 0.4) is 0 Å². The molecule has 144 valence electrons. The predicted molar refractivity (Wildman–Crippen MR) is 110 cm³/mol. The molecule has 0 radical (unpaired) electrons. The number of rotatable bonds is 8. The van der Waals surface area contributed by atoms with Crippen LogP contribution < -0.4 is 0 Å². The van der Waals surface area contributed by atoms with Crippen LogP contribution in [0.4, 0.5) is 0 Å². The van der Waals surface area contributed by atoms with Gasteiger partial charge in [-0.3, -0.25) is 9.78 Å². The lowest BCUT2D eigenvalue weighted by Gasteiger charge is -2.16. The van der Waals surface area contributed by atoms with Gasteiger partial charge in [-0.15, -0.1) is 0 Å². The monoisotopic (exact) mass is 440 g/mol. The average molecular weight is 441 g/mol. The first-order chi connectivity index (χ1) is 13.5. The number of hydrogen-bond donors (Lipinski definition) is 1. The number of carboxylic acids is 1. The number of aryl methyl sites for hydroxylation is 1. The normalized spacial score (nSPS) is 10.9. The zero-order chi connectivity index (χ0) is 20.1. The van der Waals surface area contributed by atoms with Crippen molar-refractivity contribution in [2.75, 3.05) is 0 Å². The summed E-state index contributed by atoms with van der Waals surface area (Å²) < 4.78 is 2.80. The van der Waals surface area contributed by atoms with Crippen molar-refractivity contribution in [3.05, 3.63) is 52.0 Å².